The van der Waals surface area contributed by atoms with Crippen LogP contribution in [-0.4, -0.2) is 33.2 Å². The molecule has 9 heteroatoms. The normalized spacial score (nSPS) is 11.9. The highest BCUT2D eigenvalue weighted by atomic mass is 32.2. The first-order valence-corrected chi connectivity index (χ1v) is 11.3. The van der Waals surface area contributed by atoms with Crippen molar-refractivity contribution in [2.24, 2.45) is 7.05 Å². The van der Waals surface area contributed by atoms with Gasteiger partial charge in [0, 0.05) is 7.05 Å². The van der Waals surface area contributed by atoms with Crippen molar-refractivity contribution in [1.82, 2.24) is 24.7 Å². The van der Waals surface area contributed by atoms with Crippen molar-refractivity contribution in [2.75, 3.05) is 0 Å². The largest absolute Gasteiger partial charge is 0.341 e. The first kappa shape index (κ1) is 18.7. The fourth-order valence-corrected chi connectivity index (χ4v) is 4.91. The number of aromatic amines is 1. The monoisotopic (exact) mass is 413 g/mol. The third-order valence-corrected chi connectivity index (χ3v) is 7.06. The smallest absolute Gasteiger partial charge is 0.191 e. The molecule has 7 nitrogen and oxygen atoms in total. The Labute approximate surface area is 167 Å². The molecule has 0 unspecified atom stereocenters. The Balaban J connectivity index is 1.48. The molecule has 0 amide bonds. The van der Waals surface area contributed by atoms with Crippen molar-refractivity contribution >= 4 is 32.6 Å². The molecule has 0 spiro atoms. The summed E-state index contributed by atoms with van der Waals surface area (Å²) in [6.07, 6.45) is 0. The summed E-state index contributed by atoms with van der Waals surface area (Å²) in [5.74, 6) is 1.64. The van der Waals surface area contributed by atoms with Crippen LogP contribution in [0.4, 0.5) is 0 Å². The summed E-state index contributed by atoms with van der Waals surface area (Å²) < 4.78 is 27.0. The molecule has 2 aromatic carbocycles. The standard InChI is InChI=1S/C19H19N5O2S2/c1-13-7-9-14(10-8-13)28(25,26)12-18-22-23-19(24(18)2)27-11-17-20-15-5-3-4-6-16(15)21-17/h3-10H,11-12H2,1-2H3,(H,20,21). The van der Waals surface area contributed by atoms with Crippen molar-refractivity contribution in [3.8, 4) is 0 Å². The van der Waals surface area contributed by atoms with E-state index >= 15 is 0 Å². The minimum absolute atomic E-state index is 0.190. The molecule has 2 heterocycles. The van der Waals surface area contributed by atoms with Gasteiger partial charge in [-0.05, 0) is 31.2 Å². The number of sulfone groups is 1. The third kappa shape index (κ3) is 3.81. The maximum absolute atomic E-state index is 12.7. The molecule has 144 valence electrons. The molecule has 0 aliphatic carbocycles. The summed E-state index contributed by atoms with van der Waals surface area (Å²) in [4.78, 5) is 8.10. The van der Waals surface area contributed by atoms with E-state index in [-0.39, 0.29) is 10.6 Å². The topological polar surface area (TPSA) is 93.5 Å². The Hall–Kier alpha value is -2.65. The molecular formula is C19H19N5O2S2. The van der Waals surface area contributed by atoms with Crippen LogP contribution < -0.4 is 0 Å². The average molecular weight is 414 g/mol. The minimum Gasteiger partial charge on any atom is -0.341 e. The van der Waals surface area contributed by atoms with E-state index in [2.05, 4.69) is 20.2 Å². The van der Waals surface area contributed by atoms with Gasteiger partial charge < -0.3 is 9.55 Å². The van der Waals surface area contributed by atoms with E-state index in [1.165, 1.54) is 11.8 Å². The quantitative estimate of drug-likeness (QED) is 0.488. The molecule has 2 aromatic heterocycles. The van der Waals surface area contributed by atoms with Crippen LogP contribution in [0.25, 0.3) is 11.0 Å². The first-order valence-electron chi connectivity index (χ1n) is 8.66. The Bertz CT molecular complexity index is 1190. The molecule has 0 saturated carbocycles. The average Bonchev–Trinajstić information content (AvgIpc) is 3.24. The van der Waals surface area contributed by atoms with Gasteiger partial charge in [-0.25, -0.2) is 13.4 Å². The van der Waals surface area contributed by atoms with Crippen LogP contribution in [0.3, 0.4) is 0 Å². The molecule has 0 fully saturated rings. The second-order valence-corrected chi connectivity index (χ2v) is 9.45. The number of imidazole rings is 1. The molecule has 0 atom stereocenters. The molecule has 4 aromatic rings. The molecule has 0 saturated heterocycles. The summed E-state index contributed by atoms with van der Waals surface area (Å²) in [6, 6.07) is 14.7. The molecule has 28 heavy (non-hydrogen) atoms. The maximum Gasteiger partial charge on any atom is 0.191 e. The lowest BCUT2D eigenvalue weighted by Gasteiger charge is -2.05. The number of nitrogens with zero attached hydrogens (tertiary/aromatic N) is 4. The zero-order valence-electron chi connectivity index (χ0n) is 15.5. The van der Waals surface area contributed by atoms with Gasteiger partial charge in [0.25, 0.3) is 0 Å². The van der Waals surface area contributed by atoms with Gasteiger partial charge in [0.2, 0.25) is 0 Å². The van der Waals surface area contributed by atoms with Crippen LogP contribution in [0.5, 0.6) is 0 Å². The molecular weight excluding hydrogens is 394 g/mol. The van der Waals surface area contributed by atoms with E-state index < -0.39 is 9.84 Å². The summed E-state index contributed by atoms with van der Waals surface area (Å²) in [5.41, 5.74) is 2.92. The van der Waals surface area contributed by atoms with Gasteiger partial charge in [-0.3, -0.25) is 0 Å². The van der Waals surface area contributed by atoms with E-state index in [1.54, 1.807) is 35.9 Å². The number of para-hydroxylation sites is 2. The molecule has 0 aliphatic heterocycles. The van der Waals surface area contributed by atoms with Gasteiger partial charge in [0.1, 0.15) is 17.4 Å². The van der Waals surface area contributed by atoms with Gasteiger partial charge in [-0.15, -0.1) is 10.2 Å². The summed E-state index contributed by atoms with van der Waals surface area (Å²) in [5, 5.41) is 8.88. The highest BCUT2D eigenvalue weighted by Gasteiger charge is 2.20. The van der Waals surface area contributed by atoms with Crippen LogP contribution in [0.15, 0.2) is 58.6 Å². The van der Waals surface area contributed by atoms with Gasteiger partial charge in [0.05, 0.1) is 21.7 Å². The fraction of sp³-hybridized carbons (Fsp3) is 0.211. The Morgan fingerprint density at radius 1 is 1.07 bits per heavy atom. The van der Waals surface area contributed by atoms with E-state index in [0.29, 0.717) is 16.7 Å². The number of aryl methyl sites for hydroxylation is 1. The van der Waals surface area contributed by atoms with E-state index in [1.807, 2.05) is 31.2 Å². The number of rotatable bonds is 6. The number of fused-ring (bicyclic) bond motifs is 1. The summed E-state index contributed by atoms with van der Waals surface area (Å²) in [6.45, 7) is 1.92. The van der Waals surface area contributed by atoms with E-state index in [0.717, 1.165) is 22.4 Å². The molecule has 1 N–H and O–H groups in total. The summed E-state index contributed by atoms with van der Waals surface area (Å²) in [7, 11) is -1.70. The molecule has 0 bridgehead atoms. The van der Waals surface area contributed by atoms with Gasteiger partial charge in [-0.2, -0.15) is 0 Å². The highest BCUT2D eigenvalue weighted by Crippen LogP contribution is 2.23. The molecule has 0 aliphatic rings. The maximum atomic E-state index is 12.7. The van der Waals surface area contributed by atoms with Crippen LogP contribution in [0.1, 0.15) is 17.2 Å². The zero-order chi connectivity index (χ0) is 19.7. The number of benzene rings is 2. The van der Waals surface area contributed by atoms with Gasteiger partial charge in [0.15, 0.2) is 15.0 Å². The minimum atomic E-state index is -3.47. The predicted octanol–water partition coefficient (Wildman–Crippen LogP) is 3.27. The Morgan fingerprint density at radius 3 is 2.57 bits per heavy atom. The number of aromatic nitrogens is 5. The number of hydrogen-bond acceptors (Lipinski definition) is 6. The van der Waals surface area contributed by atoms with Crippen LogP contribution in [0, 0.1) is 6.92 Å². The van der Waals surface area contributed by atoms with Gasteiger partial charge in [-0.1, -0.05) is 41.6 Å². The van der Waals surface area contributed by atoms with E-state index in [9.17, 15) is 8.42 Å². The lowest BCUT2D eigenvalue weighted by Crippen LogP contribution is -2.09. The summed E-state index contributed by atoms with van der Waals surface area (Å²) >= 11 is 1.46. The predicted molar refractivity (Wildman–Crippen MR) is 109 cm³/mol. The number of hydrogen-bond donors (Lipinski definition) is 1. The molecule has 0 radical (unpaired) electrons. The third-order valence-electron chi connectivity index (χ3n) is 4.40. The van der Waals surface area contributed by atoms with Gasteiger partial charge >= 0.3 is 0 Å². The van der Waals surface area contributed by atoms with Crippen molar-refractivity contribution in [2.45, 2.75) is 28.5 Å². The number of H-pyrrole nitrogens is 1. The second-order valence-electron chi connectivity index (χ2n) is 6.52. The zero-order valence-corrected chi connectivity index (χ0v) is 17.1. The van der Waals surface area contributed by atoms with Crippen molar-refractivity contribution in [1.29, 1.82) is 0 Å². The van der Waals surface area contributed by atoms with Crippen LogP contribution in [0.2, 0.25) is 0 Å². The highest BCUT2D eigenvalue weighted by molar-refractivity contribution is 7.98. The van der Waals surface area contributed by atoms with Crippen LogP contribution in [-0.2, 0) is 28.4 Å². The number of nitrogens with one attached hydrogen (secondary N) is 1. The lowest BCUT2D eigenvalue weighted by atomic mass is 10.2. The number of thioether (sulfide) groups is 1. The van der Waals surface area contributed by atoms with E-state index in [4.69, 9.17) is 0 Å². The second kappa shape index (κ2) is 7.40. The Kier molecular flexibility index (Phi) is 4.94. The van der Waals surface area contributed by atoms with Crippen molar-refractivity contribution in [3.05, 3.63) is 65.7 Å². The lowest BCUT2D eigenvalue weighted by molar-refractivity contribution is 0.591. The molecule has 4 rings (SSSR count). The Morgan fingerprint density at radius 2 is 1.82 bits per heavy atom. The first-order chi connectivity index (χ1) is 13.4. The van der Waals surface area contributed by atoms with Crippen LogP contribution >= 0.6 is 11.8 Å². The van der Waals surface area contributed by atoms with Crippen molar-refractivity contribution in [3.63, 3.8) is 0 Å². The van der Waals surface area contributed by atoms with Crippen molar-refractivity contribution < 1.29 is 8.42 Å². The SMILES string of the molecule is Cc1ccc(S(=O)(=O)Cc2nnc(SCc3nc4ccccc4[nH]3)n2C)cc1. The fourth-order valence-electron chi connectivity index (χ4n) is 2.80.